The first kappa shape index (κ1) is 10.9. The van der Waals surface area contributed by atoms with Gasteiger partial charge in [0, 0.05) is 12.6 Å². The van der Waals surface area contributed by atoms with E-state index in [1.54, 1.807) is 0 Å². The van der Waals surface area contributed by atoms with Crippen LogP contribution < -0.4 is 4.90 Å². The van der Waals surface area contributed by atoms with Gasteiger partial charge in [-0.25, -0.2) is 14.2 Å². The van der Waals surface area contributed by atoms with E-state index in [2.05, 4.69) is 4.98 Å². The molecule has 0 radical (unpaired) electrons. The zero-order valence-electron chi connectivity index (χ0n) is 8.98. The Morgan fingerprint density at radius 2 is 2.38 bits per heavy atom. The molecule has 1 N–H and O–H groups in total. The zero-order valence-corrected chi connectivity index (χ0v) is 8.98. The molecule has 1 aromatic rings. The molecule has 0 spiro atoms. The number of hydrogen-bond acceptors (Lipinski definition) is 3. The molecule has 86 valence electrons. The maximum Gasteiger partial charge on any atom is 0.339 e. The first-order valence-corrected chi connectivity index (χ1v) is 5.29. The standard InChI is InChI=1S/C11H13FN2O2/c1-2-14(8-3-4-8)10-9(11(15)16)5-7(12)6-13-10/h5-6,8H,2-4H2,1H3,(H,15,16). The number of nitrogens with zero attached hydrogens (tertiary/aromatic N) is 2. The Morgan fingerprint density at radius 3 is 2.88 bits per heavy atom. The molecule has 4 nitrogen and oxygen atoms in total. The fourth-order valence-electron chi connectivity index (χ4n) is 1.79. The summed E-state index contributed by atoms with van der Waals surface area (Å²) in [5.41, 5.74) is -0.0613. The van der Waals surface area contributed by atoms with Crippen LogP contribution in [0.5, 0.6) is 0 Å². The molecule has 2 rings (SSSR count). The van der Waals surface area contributed by atoms with Crippen molar-refractivity contribution < 1.29 is 14.3 Å². The Balaban J connectivity index is 2.41. The fraction of sp³-hybridized carbons (Fsp3) is 0.455. The van der Waals surface area contributed by atoms with Crippen molar-refractivity contribution >= 4 is 11.8 Å². The molecule has 0 amide bonds. The lowest BCUT2D eigenvalue weighted by Gasteiger charge is -2.22. The van der Waals surface area contributed by atoms with Crippen LogP contribution in [0.3, 0.4) is 0 Å². The summed E-state index contributed by atoms with van der Waals surface area (Å²) in [6.07, 6.45) is 3.16. The number of aromatic carboxylic acids is 1. The van der Waals surface area contributed by atoms with Gasteiger partial charge in [0.05, 0.1) is 6.20 Å². The van der Waals surface area contributed by atoms with Crippen molar-refractivity contribution in [3.05, 3.63) is 23.6 Å². The number of carbonyl (C=O) groups is 1. The van der Waals surface area contributed by atoms with Crippen LogP contribution in [0, 0.1) is 5.82 Å². The van der Waals surface area contributed by atoms with Gasteiger partial charge in [0.25, 0.3) is 0 Å². The summed E-state index contributed by atoms with van der Waals surface area (Å²) in [5, 5.41) is 9.00. The Kier molecular flexibility index (Phi) is 2.77. The average Bonchev–Trinajstić information content (AvgIpc) is 3.05. The predicted octanol–water partition coefficient (Wildman–Crippen LogP) is 1.91. The third-order valence-corrected chi connectivity index (χ3v) is 2.66. The Labute approximate surface area is 92.7 Å². The van der Waals surface area contributed by atoms with Crippen LogP contribution >= 0.6 is 0 Å². The Morgan fingerprint density at radius 1 is 1.69 bits per heavy atom. The van der Waals surface area contributed by atoms with Crippen molar-refractivity contribution in [3.8, 4) is 0 Å². The van der Waals surface area contributed by atoms with Crippen LogP contribution in [0.2, 0.25) is 0 Å². The van der Waals surface area contributed by atoms with E-state index in [0.29, 0.717) is 18.4 Å². The van der Waals surface area contributed by atoms with Crippen molar-refractivity contribution in [1.82, 2.24) is 4.98 Å². The first-order chi connectivity index (χ1) is 7.63. The van der Waals surface area contributed by atoms with Crippen molar-refractivity contribution in [1.29, 1.82) is 0 Å². The number of pyridine rings is 1. The van der Waals surface area contributed by atoms with Gasteiger partial charge in [-0.05, 0) is 25.8 Å². The summed E-state index contributed by atoms with van der Waals surface area (Å²) >= 11 is 0. The van der Waals surface area contributed by atoms with Gasteiger partial charge in [-0.1, -0.05) is 0 Å². The van der Waals surface area contributed by atoms with Gasteiger partial charge >= 0.3 is 5.97 Å². The Hall–Kier alpha value is -1.65. The molecule has 0 aromatic carbocycles. The van der Waals surface area contributed by atoms with Crippen LogP contribution in [0.4, 0.5) is 10.2 Å². The maximum absolute atomic E-state index is 12.9. The molecule has 0 saturated heterocycles. The Bertz CT molecular complexity index is 418. The molecule has 0 atom stereocenters. The number of anilines is 1. The minimum absolute atomic E-state index is 0.0613. The minimum Gasteiger partial charge on any atom is -0.478 e. The summed E-state index contributed by atoms with van der Waals surface area (Å²) in [6.45, 7) is 2.62. The van der Waals surface area contributed by atoms with Gasteiger partial charge in [-0.2, -0.15) is 0 Å². The molecule has 1 aliphatic rings. The highest BCUT2D eigenvalue weighted by Gasteiger charge is 2.31. The van der Waals surface area contributed by atoms with E-state index < -0.39 is 11.8 Å². The maximum atomic E-state index is 12.9. The highest BCUT2D eigenvalue weighted by molar-refractivity contribution is 5.93. The number of carboxylic acid groups (broad SMARTS) is 1. The molecular weight excluding hydrogens is 211 g/mol. The quantitative estimate of drug-likeness (QED) is 0.848. The molecule has 5 heteroatoms. The van der Waals surface area contributed by atoms with Gasteiger partial charge in [-0.15, -0.1) is 0 Å². The lowest BCUT2D eigenvalue weighted by atomic mass is 10.2. The summed E-state index contributed by atoms with van der Waals surface area (Å²) in [4.78, 5) is 16.8. The summed E-state index contributed by atoms with van der Waals surface area (Å²) in [5.74, 6) is -1.38. The molecular formula is C11H13FN2O2. The van der Waals surface area contributed by atoms with E-state index in [4.69, 9.17) is 5.11 Å². The largest absolute Gasteiger partial charge is 0.478 e. The minimum atomic E-state index is -1.14. The number of carboxylic acids is 1. The topological polar surface area (TPSA) is 53.4 Å². The molecule has 1 fully saturated rings. The second kappa shape index (κ2) is 4.08. The van der Waals surface area contributed by atoms with Crippen molar-refractivity contribution in [3.63, 3.8) is 0 Å². The van der Waals surface area contributed by atoms with Crippen molar-refractivity contribution in [2.45, 2.75) is 25.8 Å². The van der Waals surface area contributed by atoms with E-state index in [-0.39, 0.29) is 5.56 Å². The third-order valence-electron chi connectivity index (χ3n) is 2.66. The van der Waals surface area contributed by atoms with Crippen LogP contribution in [-0.2, 0) is 0 Å². The number of hydrogen-bond donors (Lipinski definition) is 1. The SMILES string of the molecule is CCN(c1ncc(F)cc1C(=O)O)C1CC1. The molecule has 0 bridgehead atoms. The van der Waals surface area contributed by atoms with Crippen molar-refractivity contribution in [2.24, 2.45) is 0 Å². The second-order valence-electron chi connectivity index (χ2n) is 3.85. The van der Waals surface area contributed by atoms with Gasteiger partial charge in [0.15, 0.2) is 0 Å². The molecule has 16 heavy (non-hydrogen) atoms. The van der Waals surface area contributed by atoms with Crippen molar-refractivity contribution in [2.75, 3.05) is 11.4 Å². The first-order valence-electron chi connectivity index (χ1n) is 5.29. The van der Waals surface area contributed by atoms with Gasteiger partial charge < -0.3 is 10.0 Å². The number of aromatic nitrogens is 1. The summed E-state index contributed by atoms with van der Waals surface area (Å²) in [6, 6.07) is 1.39. The van der Waals surface area contributed by atoms with Crippen LogP contribution in [0.25, 0.3) is 0 Å². The average molecular weight is 224 g/mol. The summed E-state index contributed by atoms with van der Waals surface area (Å²) in [7, 11) is 0. The molecule has 0 aliphatic heterocycles. The van der Waals surface area contributed by atoms with Gasteiger partial charge in [0.2, 0.25) is 0 Å². The monoisotopic (exact) mass is 224 g/mol. The molecule has 1 heterocycles. The lowest BCUT2D eigenvalue weighted by molar-refractivity contribution is 0.0696. The van der Waals surface area contributed by atoms with E-state index >= 15 is 0 Å². The smallest absolute Gasteiger partial charge is 0.339 e. The van der Waals surface area contributed by atoms with Crippen LogP contribution in [-0.4, -0.2) is 28.6 Å². The third kappa shape index (κ3) is 1.98. The highest BCUT2D eigenvalue weighted by atomic mass is 19.1. The fourth-order valence-corrected chi connectivity index (χ4v) is 1.79. The normalized spacial score (nSPS) is 14.9. The number of halogens is 1. The second-order valence-corrected chi connectivity index (χ2v) is 3.85. The predicted molar refractivity (Wildman–Crippen MR) is 57.2 cm³/mol. The van der Waals surface area contributed by atoms with Gasteiger partial charge in [-0.3, -0.25) is 0 Å². The van der Waals surface area contributed by atoms with E-state index in [9.17, 15) is 9.18 Å². The zero-order chi connectivity index (χ0) is 11.7. The molecule has 1 saturated carbocycles. The van der Waals surface area contributed by atoms with Gasteiger partial charge in [0.1, 0.15) is 17.2 Å². The van der Waals surface area contributed by atoms with Crippen LogP contribution in [0.15, 0.2) is 12.3 Å². The molecule has 1 aliphatic carbocycles. The van der Waals surface area contributed by atoms with E-state index in [1.165, 1.54) is 0 Å². The molecule has 1 aromatic heterocycles. The highest BCUT2D eigenvalue weighted by Crippen LogP contribution is 2.32. The summed E-state index contributed by atoms with van der Waals surface area (Å²) < 4.78 is 12.9. The number of rotatable bonds is 4. The van der Waals surface area contributed by atoms with E-state index in [0.717, 1.165) is 25.1 Å². The molecule has 0 unspecified atom stereocenters. The van der Waals surface area contributed by atoms with E-state index in [1.807, 2.05) is 11.8 Å². The van der Waals surface area contributed by atoms with Crippen LogP contribution in [0.1, 0.15) is 30.1 Å². The lowest BCUT2D eigenvalue weighted by Crippen LogP contribution is -2.28.